The van der Waals surface area contributed by atoms with Gasteiger partial charge in [-0.05, 0) is 29.8 Å². The number of ether oxygens (including phenoxy) is 1. The summed E-state index contributed by atoms with van der Waals surface area (Å²) in [5.41, 5.74) is 8.24. The number of likely N-dealkylation sites (N-methyl/N-ethyl adjacent to an activating group) is 1. The predicted octanol–water partition coefficient (Wildman–Crippen LogP) is 3.65. The van der Waals surface area contributed by atoms with Crippen molar-refractivity contribution in [1.29, 1.82) is 0 Å². The van der Waals surface area contributed by atoms with E-state index in [1.807, 2.05) is 18.2 Å². The van der Waals surface area contributed by atoms with Crippen molar-refractivity contribution in [2.75, 3.05) is 38.0 Å². The summed E-state index contributed by atoms with van der Waals surface area (Å²) in [5.74, 6) is -0.343. The van der Waals surface area contributed by atoms with Gasteiger partial charge in [0.05, 0.1) is 12.2 Å². The molecule has 0 amide bonds. The number of alkyl halides is 3. The molecule has 0 spiro atoms. The molecule has 1 fully saturated rings. The van der Waals surface area contributed by atoms with Gasteiger partial charge >= 0.3 is 6.36 Å². The van der Waals surface area contributed by atoms with Gasteiger partial charge in [0, 0.05) is 32.7 Å². The van der Waals surface area contributed by atoms with E-state index in [0.29, 0.717) is 6.54 Å². The third kappa shape index (κ3) is 7.15. The molecule has 2 aromatic carbocycles. The molecule has 0 aromatic heterocycles. The molecule has 0 saturated carbocycles. The van der Waals surface area contributed by atoms with Crippen LogP contribution in [-0.2, 0) is 13.1 Å². The van der Waals surface area contributed by atoms with E-state index >= 15 is 0 Å². The van der Waals surface area contributed by atoms with E-state index in [9.17, 15) is 13.2 Å². The highest BCUT2D eigenvalue weighted by atomic mass is 19.4. The molecular weight excluding hydrogens is 407 g/mol. The highest BCUT2D eigenvalue weighted by molar-refractivity contribution is 5.93. The summed E-state index contributed by atoms with van der Waals surface area (Å²) in [7, 11) is 0. The maximum absolute atomic E-state index is 12.6. The smallest absolute Gasteiger partial charge is 0.404 e. The molecule has 1 heterocycles. The average molecular weight is 435 g/mol. The Balaban J connectivity index is 1.63. The number of piperazine rings is 1. The highest BCUT2D eigenvalue weighted by Crippen LogP contribution is 2.29. The number of rotatable bonds is 7. The number of nitrogens with one attached hydrogen (secondary N) is 1. The van der Waals surface area contributed by atoms with E-state index < -0.39 is 6.36 Å². The molecule has 2 aromatic rings. The van der Waals surface area contributed by atoms with Crippen molar-refractivity contribution < 1.29 is 17.9 Å². The molecule has 0 unspecified atom stereocenters. The number of halogens is 3. The monoisotopic (exact) mass is 435 g/mol. The molecule has 3 N–H and O–H groups in total. The van der Waals surface area contributed by atoms with E-state index in [0.717, 1.165) is 44.8 Å². The summed E-state index contributed by atoms with van der Waals surface area (Å²) in [6.07, 6.45) is -4.79. The van der Waals surface area contributed by atoms with Crippen molar-refractivity contribution >= 4 is 11.6 Å². The maximum Gasteiger partial charge on any atom is 0.573 e. The third-order valence-corrected chi connectivity index (χ3v) is 5.22. The normalized spacial score (nSPS) is 16.3. The number of nitrogens with zero attached hydrogens (tertiary/aromatic N) is 3. The number of hydrogen-bond donors (Lipinski definition) is 2. The first-order chi connectivity index (χ1) is 14.8. The van der Waals surface area contributed by atoms with Crippen LogP contribution in [0.5, 0.6) is 5.75 Å². The number of para-hydroxylation sites is 2. The summed E-state index contributed by atoms with van der Waals surface area (Å²) < 4.78 is 41.8. The van der Waals surface area contributed by atoms with Crippen molar-refractivity contribution in [2.45, 2.75) is 26.4 Å². The van der Waals surface area contributed by atoms with Crippen LogP contribution in [-0.4, -0.2) is 54.8 Å². The highest BCUT2D eigenvalue weighted by Gasteiger charge is 2.32. The van der Waals surface area contributed by atoms with Crippen molar-refractivity contribution in [2.24, 2.45) is 10.7 Å². The van der Waals surface area contributed by atoms with Crippen molar-refractivity contribution in [1.82, 2.24) is 9.80 Å². The molecular formula is C22H28F3N5O. The average Bonchev–Trinajstić information content (AvgIpc) is 2.74. The van der Waals surface area contributed by atoms with E-state index in [1.165, 1.54) is 23.8 Å². The van der Waals surface area contributed by atoms with Gasteiger partial charge in [-0.3, -0.25) is 4.90 Å². The standard InChI is InChI=1S/C22H28F3N5O/c1-2-29-11-13-30(14-12-29)16-18-8-4-3-7-17(18)15-27-21(26)28-19-9-5-6-10-20(19)31-22(23,24)25/h3-10H,2,11-16H2,1H3,(H3,26,27,28). The maximum atomic E-state index is 12.6. The molecule has 0 aliphatic carbocycles. The second-order valence-corrected chi connectivity index (χ2v) is 7.35. The Hall–Kier alpha value is -2.78. The first-order valence-electron chi connectivity index (χ1n) is 10.3. The van der Waals surface area contributed by atoms with Crippen LogP contribution in [0.2, 0.25) is 0 Å². The van der Waals surface area contributed by atoms with E-state index in [4.69, 9.17) is 5.73 Å². The minimum absolute atomic E-state index is 0.0181. The summed E-state index contributed by atoms with van der Waals surface area (Å²) in [5, 5.41) is 2.70. The number of aliphatic imine (C=N–C) groups is 1. The largest absolute Gasteiger partial charge is 0.573 e. The molecule has 0 bridgehead atoms. The van der Waals surface area contributed by atoms with Crippen molar-refractivity contribution in [3.05, 3.63) is 59.7 Å². The molecule has 0 radical (unpaired) electrons. The zero-order valence-electron chi connectivity index (χ0n) is 17.5. The molecule has 1 aliphatic heterocycles. The van der Waals surface area contributed by atoms with Gasteiger partial charge < -0.3 is 20.7 Å². The predicted molar refractivity (Wildman–Crippen MR) is 116 cm³/mol. The fourth-order valence-corrected chi connectivity index (χ4v) is 3.50. The van der Waals surface area contributed by atoms with Crippen LogP contribution in [0.25, 0.3) is 0 Å². The summed E-state index contributed by atoms with van der Waals surface area (Å²) in [6, 6.07) is 13.7. The topological polar surface area (TPSA) is 66.1 Å². The summed E-state index contributed by atoms with van der Waals surface area (Å²) in [6.45, 7) is 8.57. The van der Waals surface area contributed by atoms with Crippen LogP contribution in [0.1, 0.15) is 18.1 Å². The van der Waals surface area contributed by atoms with Crippen LogP contribution in [0.15, 0.2) is 53.5 Å². The van der Waals surface area contributed by atoms with E-state index in [-0.39, 0.29) is 17.4 Å². The van der Waals surface area contributed by atoms with Crippen molar-refractivity contribution in [3.63, 3.8) is 0 Å². The van der Waals surface area contributed by atoms with Crippen LogP contribution in [0.3, 0.4) is 0 Å². The van der Waals surface area contributed by atoms with Gasteiger partial charge in [0.1, 0.15) is 0 Å². The molecule has 0 atom stereocenters. The lowest BCUT2D eigenvalue weighted by Gasteiger charge is -2.34. The van der Waals surface area contributed by atoms with Gasteiger partial charge in [0.25, 0.3) is 0 Å². The van der Waals surface area contributed by atoms with Gasteiger partial charge in [-0.15, -0.1) is 13.2 Å². The van der Waals surface area contributed by atoms with Crippen LogP contribution >= 0.6 is 0 Å². The molecule has 168 valence electrons. The van der Waals surface area contributed by atoms with Gasteiger partial charge in [0.15, 0.2) is 11.7 Å². The van der Waals surface area contributed by atoms with Gasteiger partial charge in [-0.1, -0.05) is 43.3 Å². The third-order valence-electron chi connectivity index (χ3n) is 5.22. The molecule has 1 aliphatic rings. The number of hydrogen-bond acceptors (Lipinski definition) is 4. The second kappa shape index (κ2) is 10.5. The number of guanidine groups is 1. The van der Waals surface area contributed by atoms with Gasteiger partial charge in [-0.25, -0.2) is 4.99 Å². The second-order valence-electron chi connectivity index (χ2n) is 7.35. The Morgan fingerprint density at radius 2 is 1.61 bits per heavy atom. The molecule has 3 rings (SSSR count). The zero-order chi connectivity index (χ0) is 22.3. The lowest BCUT2D eigenvalue weighted by Crippen LogP contribution is -2.45. The van der Waals surface area contributed by atoms with E-state index in [1.54, 1.807) is 6.07 Å². The fourth-order valence-electron chi connectivity index (χ4n) is 3.50. The Labute approximate surface area is 180 Å². The fraction of sp³-hybridized carbons (Fsp3) is 0.409. The van der Waals surface area contributed by atoms with E-state index in [2.05, 4.69) is 37.8 Å². The van der Waals surface area contributed by atoms with Crippen LogP contribution < -0.4 is 15.8 Å². The van der Waals surface area contributed by atoms with Crippen LogP contribution in [0, 0.1) is 0 Å². The summed E-state index contributed by atoms with van der Waals surface area (Å²) in [4.78, 5) is 9.17. The molecule has 1 saturated heterocycles. The molecule has 31 heavy (non-hydrogen) atoms. The minimum Gasteiger partial charge on any atom is -0.404 e. The molecule has 9 heteroatoms. The minimum atomic E-state index is -4.79. The number of anilines is 1. The van der Waals surface area contributed by atoms with Gasteiger partial charge in [0.2, 0.25) is 0 Å². The van der Waals surface area contributed by atoms with Crippen LogP contribution in [0.4, 0.5) is 18.9 Å². The Bertz CT molecular complexity index is 879. The quantitative estimate of drug-likeness (QED) is 0.513. The first-order valence-corrected chi connectivity index (χ1v) is 10.3. The first kappa shape index (κ1) is 22.9. The van der Waals surface area contributed by atoms with Crippen molar-refractivity contribution in [3.8, 4) is 5.75 Å². The summed E-state index contributed by atoms with van der Waals surface area (Å²) >= 11 is 0. The Kier molecular flexibility index (Phi) is 7.75. The lowest BCUT2D eigenvalue weighted by molar-refractivity contribution is -0.274. The number of nitrogens with two attached hydrogens (primary N) is 1. The number of benzene rings is 2. The zero-order valence-corrected chi connectivity index (χ0v) is 17.5. The lowest BCUT2D eigenvalue weighted by atomic mass is 10.1. The molecule has 6 nitrogen and oxygen atoms in total. The Morgan fingerprint density at radius 1 is 1.00 bits per heavy atom. The van der Waals surface area contributed by atoms with Gasteiger partial charge in [-0.2, -0.15) is 0 Å². The Morgan fingerprint density at radius 3 is 2.29 bits per heavy atom. The SMILES string of the molecule is CCN1CCN(Cc2ccccc2CN=C(N)Nc2ccccc2OC(F)(F)F)CC1.